The summed E-state index contributed by atoms with van der Waals surface area (Å²) in [7, 11) is 0. The average molecular weight is 247 g/mol. The molecule has 1 nitrogen and oxygen atoms in total. The summed E-state index contributed by atoms with van der Waals surface area (Å²) in [5.41, 5.74) is 1.46. The number of benzene rings is 1. The molecule has 1 N–H and O–H groups in total. The molecule has 1 rings (SSSR count). The van der Waals surface area contributed by atoms with Crippen LogP contribution in [0, 0.1) is 5.92 Å². The van der Waals surface area contributed by atoms with Crippen molar-refractivity contribution in [2.75, 3.05) is 13.1 Å². The number of unbranched alkanes of at least 4 members (excludes halogenated alkanes) is 1. The third kappa shape index (κ3) is 6.80. The fourth-order valence-electron chi connectivity index (χ4n) is 2.19. The third-order valence-corrected chi connectivity index (χ3v) is 3.51. The first kappa shape index (κ1) is 15.2. The summed E-state index contributed by atoms with van der Waals surface area (Å²) >= 11 is 0. The quantitative estimate of drug-likeness (QED) is 0.629. The lowest BCUT2D eigenvalue weighted by atomic mass is 9.98. The molecule has 0 aliphatic carbocycles. The van der Waals surface area contributed by atoms with Crippen LogP contribution in [0.2, 0.25) is 0 Å². The largest absolute Gasteiger partial charge is 0.317 e. The van der Waals surface area contributed by atoms with E-state index in [0.29, 0.717) is 5.92 Å². The summed E-state index contributed by atoms with van der Waals surface area (Å²) in [4.78, 5) is 0. The lowest BCUT2D eigenvalue weighted by molar-refractivity contribution is 0.512. The lowest BCUT2D eigenvalue weighted by Crippen LogP contribution is -2.18. The molecule has 0 radical (unpaired) electrons. The molecule has 0 amide bonds. The van der Waals surface area contributed by atoms with Crippen molar-refractivity contribution in [3.63, 3.8) is 0 Å². The Balaban J connectivity index is 2.01. The van der Waals surface area contributed by atoms with Gasteiger partial charge < -0.3 is 5.32 Å². The van der Waals surface area contributed by atoms with Gasteiger partial charge in [0.1, 0.15) is 0 Å². The number of rotatable bonds is 9. The summed E-state index contributed by atoms with van der Waals surface area (Å²) in [5, 5.41) is 3.56. The highest BCUT2D eigenvalue weighted by molar-refractivity contribution is 5.18. The molecule has 0 aliphatic rings. The van der Waals surface area contributed by atoms with Crippen LogP contribution in [0.1, 0.15) is 57.9 Å². The Morgan fingerprint density at radius 1 is 0.889 bits per heavy atom. The fourth-order valence-corrected chi connectivity index (χ4v) is 2.19. The van der Waals surface area contributed by atoms with E-state index in [1.807, 2.05) is 0 Å². The molecule has 0 aromatic heterocycles. The summed E-state index contributed by atoms with van der Waals surface area (Å²) in [6.45, 7) is 9.23. The molecule has 0 fully saturated rings. The van der Waals surface area contributed by atoms with Crippen LogP contribution < -0.4 is 5.32 Å². The van der Waals surface area contributed by atoms with Crippen LogP contribution in [0.3, 0.4) is 0 Å². The van der Waals surface area contributed by atoms with Crippen LogP contribution >= 0.6 is 0 Å². The Morgan fingerprint density at radius 2 is 1.61 bits per heavy atom. The molecule has 1 unspecified atom stereocenters. The highest BCUT2D eigenvalue weighted by atomic mass is 14.8. The second-order valence-electron chi connectivity index (χ2n) is 5.74. The maximum atomic E-state index is 3.56. The minimum Gasteiger partial charge on any atom is -0.317 e. The van der Waals surface area contributed by atoms with Gasteiger partial charge in [0.25, 0.3) is 0 Å². The molecule has 1 heteroatoms. The van der Waals surface area contributed by atoms with Crippen LogP contribution in [0.4, 0.5) is 0 Å². The number of nitrogens with one attached hydrogen (secondary N) is 1. The SMILES string of the molecule is CC(C)CCCCNCCC(C)c1ccccc1. The molecule has 0 spiro atoms. The summed E-state index contributed by atoms with van der Waals surface area (Å²) in [6, 6.07) is 10.8. The molecule has 0 bridgehead atoms. The van der Waals surface area contributed by atoms with Gasteiger partial charge >= 0.3 is 0 Å². The first-order chi connectivity index (χ1) is 8.70. The Kier molecular flexibility index (Phi) is 7.75. The van der Waals surface area contributed by atoms with Crippen LogP contribution in [0.25, 0.3) is 0 Å². The van der Waals surface area contributed by atoms with E-state index in [1.165, 1.54) is 37.8 Å². The van der Waals surface area contributed by atoms with E-state index in [1.54, 1.807) is 0 Å². The monoisotopic (exact) mass is 247 g/mol. The van der Waals surface area contributed by atoms with Crippen LogP contribution in [0.15, 0.2) is 30.3 Å². The van der Waals surface area contributed by atoms with Crippen molar-refractivity contribution in [1.29, 1.82) is 0 Å². The normalized spacial score (nSPS) is 12.9. The first-order valence-electron chi connectivity index (χ1n) is 7.46. The number of hydrogen-bond donors (Lipinski definition) is 1. The van der Waals surface area contributed by atoms with E-state index < -0.39 is 0 Å². The van der Waals surface area contributed by atoms with Gasteiger partial charge in [0.2, 0.25) is 0 Å². The summed E-state index contributed by atoms with van der Waals surface area (Å²) < 4.78 is 0. The maximum Gasteiger partial charge on any atom is -0.00432 e. The van der Waals surface area contributed by atoms with Crippen molar-refractivity contribution >= 4 is 0 Å². The van der Waals surface area contributed by atoms with Gasteiger partial charge in [-0.2, -0.15) is 0 Å². The van der Waals surface area contributed by atoms with Crippen molar-refractivity contribution in [1.82, 2.24) is 5.32 Å². The average Bonchev–Trinajstić information content (AvgIpc) is 2.38. The Morgan fingerprint density at radius 3 is 2.28 bits per heavy atom. The topological polar surface area (TPSA) is 12.0 Å². The van der Waals surface area contributed by atoms with Crippen molar-refractivity contribution in [3.05, 3.63) is 35.9 Å². The molecule has 1 atom stereocenters. The van der Waals surface area contributed by atoms with Crippen molar-refractivity contribution < 1.29 is 0 Å². The fraction of sp³-hybridized carbons (Fsp3) is 0.647. The molecule has 1 aromatic carbocycles. The maximum absolute atomic E-state index is 3.56. The van der Waals surface area contributed by atoms with Crippen molar-refractivity contribution in [3.8, 4) is 0 Å². The molecule has 0 aliphatic heterocycles. The molecule has 0 saturated carbocycles. The summed E-state index contributed by atoms with van der Waals surface area (Å²) in [5.74, 6) is 1.51. The zero-order valence-corrected chi connectivity index (χ0v) is 12.3. The summed E-state index contributed by atoms with van der Waals surface area (Å²) in [6.07, 6.45) is 5.27. The molecular weight excluding hydrogens is 218 g/mol. The highest BCUT2D eigenvalue weighted by Crippen LogP contribution is 2.17. The smallest absolute Gasteiger partial charge is 0.00432 e. The highest BCUT2D eigenvalue weighted by Gasteiger charge is 2.03. The van der Waals surface area contributed by atoms with E-state index in [4.69, 9.17) is 0 Å². The Bertz CT molecular complexity index is 292. The van der Waals surface area contributed by atoms with E-state index in [-0.39, 0.29) is 0 Å². The van der Waals surface area contributed by atoms with Crippen molar-refractivity contribution in [2.45, 2.75) is 52.4 Å². The molecule has 102 valence electrons. The van der Waals surface area contributed by atoms with Gasteiger partial charge in [-0.25, -0.2) is 0 Å². The second-order valence-corrected chi connectivity index (χ2v) is 5.74. The predicted octanol–water partition coefficient (Wildman–Crippen LogP) is 4.60. The molecule has 0 saturated heterocycles. The van der Waals surface area contributed by atoms with E-state index in [9.17, 15) is 0 Å². The van der Waals surface area contributed by atoms with Crippen molar-refractivity contribution in [2.24, 2.45) is 5.92 Å². The van der Waals surface area contributed by atoms with Gasteiger partial charge in [-0.05, 0) is 43.3 Å². The number of hydrogen-bond acceptors (Lipinski definition) is 1. The Labute approximate surface area is 113 Å². The van der Waals surface area contributed by atoms with Gasteiger partial charge in [0.15, 0.2) is 0 Å². The van der Waals surface area contributed by atoms with Gasteiger partial charge in [-0.3, -0.25) is 0 Å². The zero-order chi connectivity index (χ0) is 13.2. The van der Waals surface area contributed by atoms with E-state index in [2.05, 4.69) is 56.4 Å². The third-order valence-electron chi connectivity index (χ3n) is 3.51. The standard InChI is InChI=1S/C17H29N/c1-15(2)9-7-8-13-18-14-12-16(3)17-10-5-4-6-11-17/h4-6,10-11,15-16,18H,7-9,12-14H2,1-3H3. The second kappa shape index (κ2) is 9.16. The van der Waals surface area contributed by atoms with Crippen LogP contribution in [0.5, 0.6) is 0 Å². The van der Waals surface area contributed by atoms with Gasteiger partial charge in [0, 0.05) is 0 Å². The lowest BCUT2D eigenvalue weighted by Gasteiger charge is -2.12. The van der Waals surface area contributed by atoms with Gasteiger partial charge in [0.05, 0.1) is 0 Å². The Hall–Kier alpha value is -0.820. The first-order valence-corrected chi connectivity index (χ1v) is 7.46. The minimum atomic E-state index is 0.661. The van der Waals surface area contributed by atoms with E-state index in [0.717, 1.165) is 12.5 Å². The molecule has 18 heavy (non-hydrogen) atoms. The van der Waals surface area contributed by atoms with Crippen LogP contribution in [-0.4, -0.2) is 13.1 Å². The van der Waals surface area contributed by atoms with Gasteiger partial charge in [-0.1, -0.05) is 63.9 Å². The van der Waals surface area contributed by atoms with Gasteiger partial charge in [-0.15, -0.1) is 0 Å². The zero-order valence-electron chi connectivity index (χ0n) is 12.3. The minimum absolute atomic E-state index is 0.661. The predicted molar refractivity (Wildman–Crippen MR) is 81.0 cm³/mol. The molecular formula is C17H29N. The molecule has 0 heterocycles. The van der Waals surface area contributed by atoms with Crippen LogP contribution in [-0.2, 0) is 0 Å². The van der Waals surface area contributed by atoms with E-state index >= 15 is 0 Å². The molecule has 1 aromatic rings.